The second-order valence-corrected chi connectivity index (χ2v) is 5.77. The van der Waals surface area contributed by atoms with Crippen LogP contribution in [0.4, 0.5) is 4.39 Å². The highest BCUT2D eigenvalue weighted by Gasteiger charge is 2.15. The minimum absolute atomic E-state index is 0.198. The van der Waals surface area contributed by atoms with Gasteiger partial charge >= 0.3 is 0 Å². The highest BCUT2D eigenvalue weighted by molar-refractivity contribution is 9.10. The van der Waals surface area contributed by atoms with Gasteiger partial charge in [-0.05, 0) is 28.1 Å². The Kier molecular flexibility index (Phi) is 4.42. The lowest BCUT2D eigenvalue weighted by molar-refractivity contribution is 0.601. The van der Waals surface area contributed by atoms with E-state index >= 15 is 0 Å². The van der Waals surface area contributed by atoms with Crippen LogP contribution in [0.25, 0.3) is 0 Å². The number of halogens is 2. The molecular weight excluding hydrogens is 317 g/mol. The van der Waals surface area contributed by atoms with Gasteiger partial charge in [0.2, 0.25) is 0 Å². The molecule has 0 fully saturated rings. The molecule has 1 heterocycles. The first kappa shape index (κ1) is 13.6. The van der Waals surface area contributed by atoms with Gasteiger partial charge in [0, 0.05) is 17.7 Å². The summed E-state index contributed by atoms with van der Waals surface area (Å²) in [5, 5.41) is 4.12. The van der Waals surface area contributed by atoms with Crippen LogP contribution >= 0.6 is 27.7 Å². The lowest BCUT2D eigenvalue weighted by Gasteiger charge is -2.12. The summed E-state index contributed by atoms with van der Waals surface area (Å²) in [5.74, 6) is 0.387. The third kappa shape index (κ3) is 2.93. The van der Waals surface area contributed by atoms with Crippen molar-refractivity contribution < 1.29 is 4.39 Å². The molecule has 1 unspecified atom stereocenters. The van der Waals surface area contributed by atoms with E-state index in [1.165, 1.54) is 17.8 Å². The summed E-state index contributed by atoms with van der Waals surface area (Å²) in [4.78, 5) is 0.617. The van der Waals surface area contributed by atoms with Crippen LogP contribution in [0.15, 0.2) is 39.8 Å². The molecule has 0 aliphatic carbocycles. The van der Waals surface area contributed by atoms with Crippen LogP contribution in [0.1, 0.15) is 11.7 Å². The molecule has 0 radical (unpaired) electrons. The quantitative estimate of drug-likeness (QED) is 0.876. The van der Waals surface area contributed by atoms with Gasteiger partial charge in [-0.25, -0.2) is 4.39 Å². The second-order valence-electron chi connectivity index (χ2n) is 3.85. The maximum atomic E-state index is 13.5. The molecule has 2 aromatic rings. The van der Waals surface area contributed by atoms with Crippen LogP contribution in [0.5, 0.6) is 0 Å². The largest absolute Gasteiger partial charge is 0.322 e. The monoisotopic (exact) mass is 329 g/mol. The maximum absolute atomic E-state index is 13.5. The van der Waals surface area contributed by atoms with Gasteiger partial charge < -0.3 is 5.73 Å². The Morgan fingerprint density at radius 1 is 1.50 bits per heavy atom. The topological polar surface area (TPSA) is 43.8 Å². The van der Waals surface area contributed by atoms with Gasteiger partial charge in [-0.2, -0.15) is 5.10 Å². The summed E-state index contributed by atoms with van der Waals surface area (Å²) in [5.41, 5.74) is 7.02. The van der Waals surface area contributed by atoms with Gasteiger partial charge in [-0.3, -0.25) is 4.68 Å². The summed E-state index contributed by atoms with van der Waals surface area (Å²) in [6.45, 7) is 0. The Balaban J connectivity index is 2.05. The first-order valence-corrected chi connectivity index (χ1v) is 7.17. The average Bonchev–Trinajstić information content (AvgIpc) is 2.68. The Hall–Kier alpha value is -0.850. The second kappa shape index (κ2) is 5.86. The first-order valence-electron chi connectivity index (χ1n) is 5.40. The Morgan fingerprint density at radius 2 is 2.22 bits per heavy atom. The van der Waals surface area contributed by atoms with E-state index in [1.807, 2.05) is 13.1 Å². The standard InChI is InChI=1S/C12H13BrFN3S/c1-17-12(8(13)6-16-17)10(15)7-18-11-5-3-2-4-9(11)14/h2-6,10H,7,15H2,1H3. The molecule has 96 valence electrons. The van der Waals surface area contributed by atoms with E-state index in [1.54, 1.807) is 23.0 Å². The Bertz CT molecular complexity index is 524. The number of thioether (sulfide) groups is 1. The third-order valence-electron chi connectivity index (χ3n) is 2.54. The lowest BCUT2D eigenvalue weighted by Crippen LogP contribution is -2.17. The van der Waals surface area contributed by atoms with Crippen molar-refractivity contribution >= 4 is 27.7 Å². The maximum Gasteiger partial charge on any atom is 0.136 e. The zero-order valence-corrected chi connectivity index (χ0v) is 12.2. The minimum Gasteiger partial charge on any atom is -0.322 e. The molecular formula is C12H13BrFN3S. The highest BCUT2D eigenvalue weighted by Crippen LogP contribution is 2.28. The molecule has 1 aromatic carbocycles. The first-order chi connectivity index (χ1) is 8.59. The Morgan fingerprint density at radius 3 is 2.83 bits per heavy atom. The fourth-order valence-corrected chi connectivity index (χ4v) is 3.20. The average molecular weight is 330 g/mol. The number of aromatic nitrogens is 2. The Labute approximate surface area is 118 Å². The van der Waals surface area contributed by atoms with Crippen LogP contribution in [0.2, 0.25) is 0 Å². The van der Waals surface area contributed by atoms with E-state index in [0.29, 0.717) is 10.6 Å². The molecule has 0 saturated heterocycles. The number of aryl methyl sites for hydroxylation is 1. The summed E-state index contributed by atoms with van der Waals surface area (Å²) < 4.78 is 16.1. The van der Waals surface area contributed by atoms with Crippen LogP contribution in [0.3, 0.4) is 0 Å². The van der Waals surface area contributed by atoms with Crippen molar-refractivity contribution in [2.75, 3.05) is 5.75 Å². The third-order valence-corrected chi connectivity index (χ3v) is 4.32. The molecule has 3 nitrogen and oxygen atoms in total. The normalized spacial score (nSPS) is 12.7. The van der Waals surface area contributed by atoms with Crippen molar-refractivity contribution in [1.29, 1.82) is 0 Å². The molecule has 0 saturated carbocycles. The summed E-state index contributed by atoms with van der Waals surface area (Å²) in [6, 6.07) is 6.50. The van der Waals surface area contributed by atoms with Crippen LogP contribution in [-0.2, 0) is 7.05 Å². The predicted molar refractivity (Wildman–Crippen MR) is 75.0 cm³/mol. The fraction of sp³-hybridized carbons (Fsp3) is 0.250. The molecule has 0 amide bonds. The van der Waals surface area contributed by atoms with E-state index < -0.39 is 0 Å². The van der Waals surface area contributed by atoms with E-state index in [-0.39, 0.29) is 11.9 Å². The lowest BCUT2D eigenvalue weighted by atomic mass is 10.2. The van der Waals surface area contributed by atoms with Crippen molar-refractivity contribution in [3.63, 3.8) is 0 Å². The number of rotatable bonds is 4. The zero-order chi connectivity index (χ0) is 13.1. The number of nitrogens with zero attached hydrogens (tertiary/aromatic N) is 2. The van der Waals surface area contributed by atoms with Crippen LogP contribution in [-0.4, -0.2) is 15.5 Å². The van der Waals surface area contributed by atoms with Gasteiger partial charge in [-0.1, -0.05) is 12.1 Å². The van der Waals surface area contributed by atoms with Crippen molar-refractivity contribution in [1.82, 2.24) is 9.78 Å². The molecule has 18 heavy (non-hydrogen) atoms. The summed E-state index contributed by atoms with van der Waals surface area (Å²) in [7, 11) is 1.84. The number of benzene rings is 1. The van der Waals surface area contributed by atoms with Crippen molar-refractivity contribution in [3.8, 4) is 0 Å². The van der Waals surface area contributed by atoms with Crippen molar-refractivity contribution in [3.05, 3.63) is 46.4 Å². The minimum atomic E-state index is -0.209. The molecule has 0 spiro atoms. The smallest absolute Gasteiger partial charge is 0.136 e. The molecule has 0 aliphatic rings. The number of hydrogen-bond acceptors (Lipinski definition) is 3. The van der Waals surface area contributed by atoms with E-state index in [4.69, 9.17) is 5.73 Å². The van der Waals surface area contributed by atoms with E-state index in [2.05, 4.69) is 21.0 Å². The number of nitrogens with two attached hydrogens (primary N) is 1. The molecule has 0 aliphatic heterocycles. The summed E-state index contributed by atoms with van der Waals surface area (Å²) in [6.07, 6.45) is 1.71. The van der Waals surface area contributed by atoms with Crippen LogP contribution < -0.4 is 5.73 Å². The zero-order valence-electron chi connectivity index (χ0n) is 9.81. The van der Waals surface area contributed by atoms with Gasteiger partial charge in [0.15, 0.2) is 0 Å². The predicted octanol–water partition coefficient (Wildman–Crippen LogP) is 3.11. The van der Waals surface area contributed by atoms with E-state index in [0.717, 1.165) is 10.2 Å². The number of hydrogen-bond donors (Lipinski definition) is 1. The van der Waals surface area contributed by atoms with Crippen molar-refractivity contribution in [2.45, 2.75) is 10.9 Å². The molecule has 2 N–H and O–H groups in total. The van der Waals surface area contributed by atoms with Gasteiger partial charge in [0.25, 0.3) is 0 Å². The SMILES string of the molecule is Cn1ncc(Br)c1C(N)CSc1ccccc1F. The van der Waals surface area contributed by atoms with E-state index in [9.17, 15) is 4.39 Å². The highest BCUT2D eigenvalue weighted by atomic mass is 79.9. The molecule has 0 bridgehead atoms. The van der Waals surface area contributed by atoms with Crippen LogP contribution in [0, 0.1) is 5.82 Å². The summed E-state index contributed by atoms with van der Waals surface area (Å²) >= 11 is 4.82. The molecule has 6 heteroatoms. The molecule has 1 aromatic heterocycles. The van der Waals surface area contributed by atoms with Gasteiger partial charge in [-0.15, -0.1) is 11.8 Å². The molecule has 2 rings (SSSR count). The van der Waals surface area contributed by atoms with Gasteiger partial charge in [0.05, 0.1) is 22.4 Å². The fourth-order valence-electron chi connectivity index (χ4n) is 1.66. The molecule has 1 atom stereocenters. The van der Waals surface area contributed by atoms with Gasteiger partial charge in [0.1, 0.15) is 5.82 Å². The van der Waals surface area contributed by atoms with Crippen molar-refractivity contribution in [2.24, 2.45) is 12.8 Å².